The standard InChI is InChI=1S/C12H14ClF3O3S/c1-9(12(14,15)16)19-7-11(8-20(13,17)18)10-5-3-2-4-6-10/h2-6,9,11H,7-8H2,1H3. The SMILES string of the molecule is CC(OCC(CS(=O)(=O)Cl)c1ccccc1)C(F)(F)F. The molecule has 0 heterocycles. The highest BCUT2D eigenvalue weighted by Gasteiger charge is 2.37. The number of halogens is 4. The first kappa shape index (κ1) is 17.3. The van der Waals surface area contributed by atoms with Crippen LogP contribution in [0.2, 0.25) is 0 Å². The van der Waals surface area contributed by atoms with E-state index in [1.165, 1.54) is 0 Å². The van der Waals surface area contributed by atoms with Gasteiger partial charge in [-0.05, 0) is 12.5 Å². The topological polar surface area (TPSA) is 43.4 Å². The summed E-state index contributed by atoms with van der Waals surface area (Å²) in [4.78, 5) is 0. The molecule has 0 aliphatic heterocycles. The zero-order valence-corrected chi connectivity index (χ0v) is 12.2. The Bertz CT molecular complexity index is 516. The lowest BCUT2D eigenvalue weighted by atomic mass is 10.0. The van der Waals surface area contributed by atoms with Gasteiger partial charge in [-0.1, -0.05) is 30.3 Å². The van der Waals surface area contributed by atoms with Gasteiger partial charge >= 0.3 is 6.18 Å². The van der Waals surface area contributed by atoms with Crippen molar-refractivity contribution in [3.8, 4) is 0 Å². The van der Waals surface area contributed by atoms with Gasteiger partial charge in [-0.25, -0.2) is 8.42 Å². The summed E-state index contributed by atoms with van der Waals surface area (Å²) in [6.45, 7) is 0.494. The van der Waals surface area contributed by atoms with E-state index in [-0.39, 0.29) is 6.61 Å². The molecule has 114 valence electrons. The monoisotopic (exact) mass is 330 g/mol. The first-order valence-electron chi connectivity index (χ1n) is 5.75. The van der Waals surface area contributed by atoms with Gasteiger partial charge in [-0.15, -0.1) is 0 Å². The molecule has 0 saturated carbocycles. The van der Waals surface area contributed by atoms with Crippen LogP contribution in [0.15, 0.2) is 30.3 Å². The third-order valence-electron chi connectivity index (χ3n) is 2.68. The molecule has 0 amide bonds. The van der Waals surface area contributed by atoms with E-state index >= 15 is 0 Å². The lowest BCUT2D eigenvalue weighted by Gasteiger charge is -2.21. The van der Waals surface area contributed by atoms with Crippen molar-refractivity contribution in [2.75, 3.05) is 12.4 Å². The van der Waals surface area contributed by atoms with Crippen molar-refractivity contribution in [2.45, 2.75) is 25.1 Å². The molecule has 0 bridgehead atoms. The molecular formula is C12H14ClF3O3S. The first-order chi connectivity index (χ1) is 9.09. The summed E-state index contributed by atoms with van der Waals surface area (Å²) in [6.07, 6.45) is -6.45. The van der Waals surface area contributed by atoms with E-state index in [2.05, 4.69) is 0 Å². The zero-order chi connectivity index (χ0) is 15.4. The Kier molecular flexibility index (Phi) is 5.85. The maximum Gasteiger partial charge on any atom is 0.414 e. The van der Waals surface area contributed by atoms with Gasteiger partial charge in [-0.3, -0.25) is 0 Å². The quantitative estimate of drug-likeness (QED) is 0.752. The van der Waals surface area contributed by atoms with Crippen LogP contribution >= 0.6 is 10.7 Å². The molecule has 1 aromatic carbocycles. The van der Waals surface area contributed by atoms with Gasteiger partial charge in [0.1, 0.15) is 0 Å². The molecule has 0 aliphatic rings. The summed E-state index contributed by atoms with van der Waals surface area (Å²) < 4.78 is 64.1. The van der Waals surface area contributed by atoms with Crippen LogP contribution in [0.5, 0.6) is 0 Å². The van der Waals surface area contributed by atoms with Crippen molar-refractivity contribution in [3.63, 3.8) is 0 Å². The van der Waals surface area contributed by atoms with Gasteiger partial charge in [0.05, 0.1) is 12.4 Å². The van der Waals surface area contributed by atoms with E-state index in [0.717, 1.165) is 6.92 Å². The van der Waals surface area contributed by atoms with Gasteiger partial charge in [0.15, 0.2) is 6.10 Å². The summed E-state index contributed by atoms with van der Waals surface area (Å²) in [5, 5.41) is 0. The van der Waals surface area contributed by atoms with Crippen molar-refractivity contribution in [1.29, 1.82) is 0 Å². The van der Waals surface area contributed by atoms with Crippen molar-refractivity contribution in [2.24, 2.45) is 0 Å². The van der Waals surface area contributed by atoms with Gasteiger partial charge in [0, 0.05) is 16.6 Å². The summed E-state index contributed by atoms with van der Waals surface area (Å²) in [6, 6.07) is 8.28. The fraction of sp³-hybridized carbons (Fsp3) is 0.500. The Labute approximate surface area is 120 Å². The van der Waals surface area contributed by atoms with Crippen LogP contribution in [0, 0.1) is 0 Å². The van der Waals surface area contributed by atoms with Gasteiger partial charge in [0.2, 0.25) is 9.05 Å². The van der Waals surface area contributed by atoms with Crippen LogP contribution in [0.4, 0.5) is 13.2 Å². The van der Waals surface area contributed by atoms with E-state index < -0.39 is 33.0 Å². The van der Waals surface area contributed by atoms with Crippen molar-refractivity contribution >= 4 is 19.7 Å². The van der Waals surface area contributed by atoms with E-state index in [4.69, 9.17) is 15.4 Å². The fourth-order valence-corrected chi connectivity index (χ4v) is 2.79. The molecule has 2 atom stereocenters. The molecule has 0 saturated heterocycles. The number of ether oxygens (including phenoxy) is 1. The normalized spacial score (nSPS) is 15.8. The molecule has 0 fully saturated rings. The molecule has 0 radical (unpaired) electrons. The van der Waals surface area contributed by atoms with Gasteiger partial charge in [0.25, 0.3) is 0 Å². The predicted octanol–water partition coefficient (Wildman–Crippen LogP) is 3.31. The highest BCUT2D eigenvalue weighted by molar-refractivity contribution is 8.13. The van der Waals surface area contributed by atoms with E-state index in [1.807, 2.05) is 0 Å². The highest BCUT2D eigenvalue weighted by Crippen LogP contribution is 2.25. The third-order valence-corrected chi connectivity index (χ3v) is 3.86. The molecule has 0 N–H and O–H groups in total. The number of alkyl halides is 3. The van der Waals surface area contributed by atoms with Crippen molar-refractivity contribution in [3.05, 3.63) is 35.9 Å². The second-order valence-electron chi connectivity index (χ2n) is 4.33. The molecule has 1 rings (SSSR count). The van der Waals surface area contributed by atoms with Crippen molar-refractivity contribution < 1.29 is 26.3 Å². The van der Waals surface area contributed by atoms with Gasteiger partial charge < -0.3 is 4.74 Å². The average molecular weight is 331 g/mol. The van der Waals surface area contributed by atoms with Crippen LogP contribution in [0.3, 0.4) is 0 Å². The lowest BCUT2D eigenvalue weighted by Crippen LogP contribution is -2.31. The Morgan fingerprint density at radius 3 is 2.25 bits per heavy atom. The third kappa shape index (κ3) is 6.11. The molecule has 2 unspecified atom stereocenters. The fourth-order valence-electron chi connectivity index (χ4n) is 1.56. The molecule has 1 aromatic rings. The predicted molar refractivity (Wildman–Crippen MR) is 70.3 cm³/mol. The Balaban J connectivity index is 2.80. The maximum absolute atomic E-state index is 12.4. The number of rotatable bonds is 6. The second kappa shape index (κ2) is 6.78. The minimum absolute atomic E-state index is 0.378. The zero-order valence-electron chi connectivity index (χ0n) is 10.6. The largest absolute Gasteiger partial charge is 0.414 e. The number of hydrogen-bond acceptors (Lipinski definition) is 3. The van der Waals surface area contributed by atoms with E-state index in [9.17, 15) is 21.6 Å². The molecule has 3 nitrogen and oxygen atoms in total. The van der Waals surface area contributed by atoms with Crippen LogP contribution in [-0.2, 0) is 13.8 Å². The Hall–Kier alpha value is -0.790. The van der Waals surface area contributed by atoms with Crippen molar-refractivity contribution in [1.82, 2.24) is 0 Å². The summed E-state index contributed by atoms with van der Waals surface area (Å²) in [5.41, 5.74) is 0.561. The number of hydrogen-bond donors (Lipinski definition) is 0. The molecule has 20 heavy (non-hydrogen) atoms. The minimum atomic E-state index is -4.49. The maximum atomic E-state index is 12.4. The molecule has 8 heteroatoms. The number of benzene rings is 1. The van der Waals surface area contributed by atoms with Gasteiger partial charge in [-0.2, -0.15) is 13.2 Å². The Morgan fingerprint density at radius 2 is 1.80 bits per heavy atom. The van der Waals surface area contributed by atoms with Crippen LogP contribution < -0.4 is 0 Å². The first-order valence-corrected chi connectivity index (χ1v) is 8.23. The molecule has 0 spiro atoms. The van der Waals surface area contributed by atoms with E-state index in [1.54, 1.807) is 30.3 Å². The van der Waals surface area contributed by atoms with Crippen LogP contribution in [0.1, 0.15) is 18.4 Å². The molecule has 0 aromatic heterocycles. The lowest BCUT2D eigenvalue weighted by molar-refractivity contribution is -0.214. The summed E-state index contributed by atoms with van der Waals surface area (Å²) >= 11 is 0. The molecule has 0 aliphatic carbocycles. The van der Waals surface area contributed by atoms with Crippen LogP contribution in [0.25, 0.3) is 0 Å². The summed E-state index contributed by atoms with van der Waals surface area (Å²) in [7, 11) is 1.33. The van der Waals surface area contributed by atoms with Crippen LogP contribution in [-0.4, -0.2) is 33.1 Å². The highest BCUT2D eigenvalue weighted by atomic mass is 35.7. The molecular weight excluding hydrogens is 317 g/mol. The smallest absolute Gasteiger partial charge is 0.368 e. The summed E-state index contributed by atoms with van der Waals surface area (Å²) in [5.74, 6) is -1.23. The Morgan fingerprint density at radius 1 is 1.25 bits per heavy atom. The second-order valence-corrected chi connectivity index (χ2v) is 7.15. The average Bonchev–Trinajstić information content (AvgIpc) is 2.32. The minimum Gasteiger partial charge on any atom is -0.368 e. The van der Waals surface area contributed by atoms with E-state index in [0.29, 0.717) is 5.56 Å².